The molecule has 1 N–H and O–H groups in total. The smallest absolute Gasteiger partial charge is 0.343 e. The van der Waals surface area contributed by atoms with Gasteiger partial charge >= 0.3 is 12.0 Å². The van der Waals surface area contributed by atoms with Gasteiger partial charge in [0.05, 0.1) is 32.1 Å². The number of carbonyl (C=O) groups excluding carboxylic acids is 4. The third kappa shape index (κ3) is 5.49. The number of ether oxygens (including phenoxy) is 4. The predicted octanol–water partition coefficient (Wildman–Crippen LogP) is 3.99. The Morgan fingerprint density at radius 1 is 0.868 bits per heavy atom. The quantitative estimate of drug-likeness (QED) is 0.207. The van der Waals surface area contributed by atoms with Gasteiger partial charge in [0.25, 0.3) is 11.8 Å². The summed E-state index contributed by atoms with van der Waals surface area (Å²) in [5.41, 5.74) is 0.737. The highest BCUT2D eigenvalue weighted by Gasteiger charge is 2.36. The van der Waals surface area contributed by atoms with Crippen LogP contribution in [-0.4, -0.2) is 44.6 Å². The highest BCUT2D eigenvalue weighted by atomic mass is 16.6. The second kappa shape index (κ2) is 11.3. The van der Waals surface area contributed by atoms with Gasteiger partial charge in [-0.2, -0.15) is 0 Å². The van der Waals surface area contributed by atoms with Crippen LogP contribution in [0.5, 0.6) is 23.0 Å². The van der Waals surface area contributed by atoms with Gasteiger partial charge in [0.15, 0.2) is 11.5 Å². The fraction of sp³-hybridized carbons (Fsp3) is 0.143. The van der Waals surface area contributed by atoms with Crippen molar-refractivity contribution in [1.82, 2.24) is 5.32 Å². The zero-order valence-electron chi connectivity index (χ0n) is 20.8. The van der Waals surface area contributed by atoms with Crippen LogP contribution in [0, 0.1) is 0 Å². The van der Waals surface area contributed by atoms with Crippen LogP contribution < -0.4 is 29.2 Å². The van der Waals surface area contributed by atoms with Crippen molar-refractivity contribution in [3.05, 3.63) is 83.4 Å². The number of nitrogens with zero attached hydrogens (tertiary/aromatic N) is 1. The van der Waals surface area contributed by atoms with Gasteiger partial charge in [-0.1, -0.05) is 6.07 Å². The molecule has 0 radical (unpaired) electrons. The van der Waals surface area contributed by atoms with E-state index in [0.29, 0.717) is 22.6 Å². The van der Waals surface area contributed by atoms with E-state index in [1.165, 1.54) is 44.6 Å². The molecule has 3 aromatic rings. The maximum atomic E-state index is 13.2. The lowest BCUT2D eigenvalue weighted by molar-refractivity contribution is -0.122. The van der Waals surface area contributed by atoms with Crippen molar-refractivity contribution in [1.29, 1.82) is 0 Å². The second-order valence-electron chi connectivity index (χ2n) is 7.91. The molecule has 0 bridgehead atoms. The van der Waals surface area contributed by atoms with Crippen LogP contribution in [0.1, 0.15) is 22.8 Å². The molecule has 3 aromatic carbocycles. The second-order valence-corrected chi connectivity index (χ2v) is 7.91. The monoisotopic (exact) mass is 516 g/mol. The van der Waals surface area contributed by atoms with E-state index >= 15 is 0 Å². The fourth-order valence-electron chi connectivity index (χ4n) is 3.64. The summed E-state index contributed by atoms with van der Waals surface area (Å²) >= 11 is 0. The first-order chi connectivity index (χ1) is 18.3. The van der Waals surface area contributed by atoms with Gasteiger partial charge < -0.3 is 18.9 Å². The van der Waals surface area contributed by atoms with Gasteiger partial charge in [-0.25, -0.2) is 14.5 Å². The number of esters is 1. The Bertz CT molecular complexity index is 1410. The molecule has 1 aliphatic rings. The van der Waals surface area contributed by atoms with Crippen LogP contribution in [0.25, 0.3) is 6.08 Å². The number of hydrogen-bond acceptors (Lipinski definition) is 8. The van der Waals surface area contributed by atoms with Gasteiger partial charge in [0, 0.05) is 0 Å². The standard InChI is InChI=1S/C28H24N2O8/c1-4-37-24-16-17(5-14-23(24)38-27(33)18-6-10-20(35-2)11-7-18)15-22-25(31)29-28(34)30(26(22)32)19-8-12-21(36-3)13-9-19/h5-16H,4H2,1-3H3,(H,29,31,34)/b22-15+. The average Bonchev–Trinajstić information content (AvgIpc) is 2.92. The minimum atomic E-state index is -0.863. The number of carbonyl (C=O) groups is 4. The fourth-order valence-corrected chi connectivity index (χ4v) is 3.64. The van der Waals surface area contributed by atoms with Crippen LogP contribution in [-0.2, 0) is 9.59 Å². The van der Waals surface area contributed by atoms with Gasteiger partial charge in [-0.15, -0.1) is 0 Å². The number of methoxy groups -OCH3 is 2. The van der Waals surface area contributed by atoms with E-state index in [4.69, 9.17) is 18.9 Å². The van der Waals surface area contributed by atoms with Crippen LogP contribution in [0.2, 0.25) is 0 Å². The Balaban J connectivity index is 1.61. The van der Waals surface area contributed by atoms with Gasteiger partial charge in [0.2, 0.25) is 0 Å². The lowest BCUT2D eigenvalue weighted by Gasteiger charge is -2.26. The Kier molecular flexibility index (Phi) is 7.72. The summed E-state index contributed by atoms with van der Waals surface area (Å²) in [5.74, 6) is -0.700. The van der Waals surface area contributed by atoms with E-state index in [0.717, 1.165) is 4.90 Å². The Morgan fingerprint density at radius 3 is 2.11 bits per heavy atom. The molecule has 1 aliphatic heterocycles. The van der Waals surface area contributed by atoms with E-state index in [-0.39, 0.29) is 29.4 Å². The number of rotatable bonds is 8. The van der Waals surface area contributed by atoms with Gasteiger partial charge in [0.1, 0.15) is 17.1 Å². The Morgan fingerprint density at radius 2 is 1.50 bits per heavy atom. The van der Waals surface area contributed by atoms with E-state index in [9.17, 15) is 19.2 Å². The zero-order chi connectivity index (χ0) is 27.2. The molecule has 1 heterocycles. The molecule has 194 valence electrons. The van der Waals surface area contributed by atoms with Crippen molar-refractivity contribution in [2.24, 2.45) is 0 Å². The third-order valence-electron chi connectivity index (χ3n) is 5.54. The van der Waals surface area contributed by atoms with Crippen LogP contribution >= 0.6 is 0 Å². The predicted molar refractivity (Wildman–Crippen MR) is 138 cm³/mol. The van der Waals surface area contributed by atoms with Crippen LogP contribution in [0.3, 0.4) is 0 Å². The number of hydrogen-bond donors (Lipinski definition) is 1. The largest absolute Gasteiger partial charge is 0.497 e. The summed E-state index contributed by atoms with van der Waals surface area (Å²) in [5, 5.41) is 2.18. The maximum Gasteiger partial charge on any atom is 0.343 e. The number of benzene rings is 3. The van der Waals surface area contributed by atoms with Crippen molar-refractivity contribution in [2.75, 3.05) is 25.7 Å². The SMILES string of the molecule is CCOc1cc(/C=C2\C(=O)NC(=O)N(c3ccc(OC)cc3)C2=O)ccc1OC(=O)c1ccc(OC)cc1. The molecule has 0 aromatic heterocycles. The van der Waals surface area contributed by atoms with Crippen molar-refractivity contribution in [3.8, 4) is 23.0 Å². The molecule has 4 rings (SSSR count). The molecule has 1 fully saturated rings. The lowest BCUT2D eigenvalue weighted by Crippen LogP contribution is -2.54. The summed E-state index contributed by atoms with van der Waals surface area (Å²) in [4.78, 5) is 51.6. The Labute approximate surface area is 218 Å². The number of imide groups is 2. The van der Waals surface area contributed by atoms with Gasteiger partial charge in [-0.05, 0) is 79.2 Å². The minimum Gasteiger partial charge on any atom is -0.497 e. The maximum absolute atomic E-state index is 13.2. The molecule has 4 amide bonds. The van der Waals surface area contributed by atoms with Crippen LogP contribution in [0.4, 0.5) is 10.5 Å². The number of urea groups is 1. The third-order valence-corrected chi connectivity index (χ3v) is 5.54. The first-order valence-corrected chi connectivity index (χ1v) is 11.5. The summed E-state index contributed by atoms with van der Waals surface area (Å²) in [6.45, 7) is 2.03. The molecule has 0 spiro atoms. The number of barbiturate groups is 1. The van der Waals surface area contributed by atoms with Crippen molar-refractivity contribution in [2.45, 2.75) is 6.92 Å². The number of amides is 4. The highest BCUT2D eigenvalue weighted by Crippen LogP contribution is 2.31. The zero-order valence-corrected chi connectivity index (χ0v) is 20.8. The first kappa shape index (κ1) is 26.0. The summed E-state index contributed by atoms with van der Waals surface area (Å²) in [7, 11) is 3.02. The Hall–Kier alpha value is -5.12. The number of nitrogens with one attached hydrogen (secondary N) is 1. The molecule has 0 unspecified atom stereocenters. The van der Waals surface area contributed by atoms with Crippen molar-refractivity contribution in [3.63, 3.8) is 0 Å². The molecule has 1 saturated heterocycles. The van der Waals surface area contributed by atoms with Crippen molar-refractivity contribution < 1.29 is 38.1 Å². The molecule has 0 atom stereocenters. The first-order valence-electron chi connectivity index (χ1n) is 11.5. The van der Waals surface area contributed by atoms with E-state index in [1.54, 1.807) is 49.4 Å². The van der Waals surface area contributed by atoms with E-state index in [1.807, 2.05) is 0 Å². The van der Waals surface area contributed by atoms with E-state index in [2.05, 4.69) is 5.32 Å². The summed E-state index contributed by atoms with van der Waals surface area (Å²) in [6.07, 6.45) is 1.33. The lowest BCUT2D eigenvalue weighted by atomic mass is 10.1. The highest BCUT2D eigenvalue weighted by molar-refractivity contribution is 6.39. The molecular weight excluding hydrogens is 492 g/mol. The molecular formula is C28H24N2O8. The molecule has 10 heteroatoms. The molecule has 0 saturated carbocycles. The summed E-state index contributed by atoms with van der Waals surface area (Å²) in [6, 6.07) is 16.4. The van der Waals surface area contributed by atoms with Crippen molar-refractivity contribution >= 4 is 35.6 Å². The van der Waals surface area contributed by atoms with E-state index < -0.39 is 23.8 Å². The topological polar surface area (TPSA) is 120 Å². The number of anilines is 1. The molecule has 38 heavy (non-hydrogen) atoms. The normalized spacial score (nSPS) is 14.2. The molecule has 0 aliphatic carbocycles. The van der Waals surface area contributed by atoms with Crippen LogP contribution in [0.15, 0.2) is 72.3 Å². The molecule has 10 nitrogen and oxygen atoms in total. The minimum absolute atomic E-state index is 0.157. The summed E-state index contributed by atoms with van der Waals surface area (Å²) < 4.78 is 21.4. The van der Waals surface area contributed by atoms with Gasteiger partial charge in [-0.3, -0.25) is 14.9 Å². The average molecular weight is 517 g/mol.